The van der Waals surface area contributed by atoms with Crippen LogP contribution in [0.2, 0.25) is 0 Å². The summed E-state index contributed by atoms with van der Waals surface area (Å²) in [5.41, 5.74) is 3.74. The first-order chi connectivity index (χ1) is 9.19. The highest BCUT2D eigenvalue weighted by molar-refractivity contribution is 5.99. The number of hydrogen-bond acceptors (Lipinski definition) is 3. The number of benzene rings is 1. The van der Waals surface area contributed by atoms with Crippen molar-refractivity contribution in [3.63, 3.8) is 0 Å². The molecular formula is C15H16N2O2. The van der Waals surface area contributed by atoms with Crippen LogP contribution in [0.15, 0.2) is 24.3 Å². The minimum Gasteiger partial charge on any atom is -0.497 e. The Labute approximate surface area is 111 Å². The minimum absolute atomic E-state index is 0.188. The molecule has 0 fully saturated rings. The molecule has 4 nitrogen and oxygen atoms in total. The second-order valence-corrected chi connectivity index (χ2v) is 4.97. The maximum atomic E-state index is 12.2. The van der Waals surface area contributed by atoms with Crippen LogP contribution in [0.5, 0.6) is 5.75 Å². The van der Waals surface area contributed by atoms with Crippen molar-refractivity contribution in [3.8, 4) is 5.75 Å². The summed E-state index contributed by atoms with van der Waals surface area (Å²) in [4.78, 5) is 12.2. The lowest BCUT2D eigenvalue weighted by Crippen LogP contribution is -2.18. The fourth-order valence-electron chi connectivity index (χ4n) is 2.74. The van der Waals surface area contributed by atoms with Crippen LogP contribution in [0.25, 0.3) is 0 Å². The van der Waals surface area contributed by atoms with Gasteiger partial charge in [0.25, 0.3) is 0 Å². The lowest BCUT2D eigenvalue weighted by molar-refractivity contribution is 0.0963. The Hall–Kier alpha value is -2.10. The molecule has 2 aromatic rings. The van der Waals surface area contributed by atoms with E-state index in [1.54, 1.807) is 7.11 Å². The van der Waals surface area contributed by atoms with Crippen LogP contribution < -0.4 is 4.74 Å². The standard InChI is InChI=1S/C15H16N2O2/c1-9-15-13(17-16-9)7-11(8-14(15)18)10-3-5-12(19-2)6-4-10/h3-6,11H,7-8H2,1-2H3,(H,16,17)/t11-/m0/s1. The summed E-state index contributed by atoms with van der Waals surface area (Å²) < 4.78 is 5.15. The lowest BCUT2D eigenvalue weighted by atomic mass is 9.82. The second-order valence-electron chi connectivity index (χ2n) is 4.97. The molecule has 1 aliphatic rings. The van der Waals surface area contributed by atoms with E-state index in [9.17, 15) is 4.79 Å². The summed E-state index contributed by atoms with van der Waals surface area (Å²) in [5, 5.41) is 7.15. The van der Waals surface area contributed by atoms with Crippen LogP contribution in [0, 0.1) is 6.92 Å². The summed E-state index contributed by atoms with van der Waals surface area (Å²) >= 11 is 0. The molecule has 0 amide bonds. The predicted molar refractivity (Wildman–Crippen MR) is 71.7 cm³/mol. The smallest absolute Gasteiger partial charge is 0.167 e. The number of H-pyrrole nitrogens is 1. The molecule has 98 valence electrons. The van der Waals surface area contributed by atoms with Gasteiger partial charge in [-0.05, 0) is 37.0 Å². The van der Waals surface area contributed by atoms with Crippen LogP contribution in [0.1, 0.15) is 39.6 Å². The number of nitrogens with zero attached hydrogens (tertiary/aromatic N) is 1. The summed E-state index contributed by atoms with van der Waals surface area (Å²) in [6.45, 7) is 1.90. The quantitative estimate of drug-likeness (QED) is 0.898. The monoisotopic (exact) mass is 256 g/mol. The molecular weight excluding hydrogens is 240 g/mol. The van der Waals surface area contributed by atoms with Gasteiger partial charge in [-0.3, -0.25) is 9.89 Å². The molecule has 0 radical (unpaired) electrons. The van der Waals surface area contributed by atoms with Crippen molar-refractivity contribution < 1.29 is 9.53 Å². The zero-order valence-electron chi connectivity index (χ0n) is 11.1. The van der Waals surface area contributed by atoms with Gasteiger partial charge in [-0.25, -0.2) is 0 Å². The van der Waals surface area contributed by atoms with Gasteiger partial charge < -0.3 is 4.74 Å². The number of hydrogen-bond donors (Lipinski definition) is 1. The van der Waals surface area contributed by atoms with E-state index in [1.807, 2.05) is 31.2 Å². The lowest BCUT2D eigenvalue weighted by Gasteiger charge is -2.21. The van der Waals surface area contributed by atoms with Crippen molar-refractivity contribution in [2.24, 2.45) is 0 Å². The van der Waals surface area contributed by atoms with E-state index in [4.69, 9.17) is 4.74 Å². The summed E-state index contributed by atoms with van der Waals surface area (Å²) in [6.07, 6.45) is 1.37. The van der Waals surface area contributed by atoms with Gasteiger partial charge in [-0.15, -0.1) is 0 Å². The Morgan fingerprint density at radius 2 is 2.00 bits per heavy atom. The normalized spacial score (nSPS) is 18.2. The fraction of sp³-hybridized carbons (Fsp3) is 0.333. The van der Waals surface area contributed by atoms with Crippen LogP contribution >= 0.6 is 0 Å². The van der Waals surface area contributed by atoms with Gasteiger partial charge in [0.1, 0.15) is 5.75 Å². The summed E-state index contributed by atoms with van der Waals surface area (Å²) in [5.74, 6) is 1.24. The molecule has 1 atom stereocenters. The highest BCUT2D eigenvalue weighted by Gasteiger charge is 2.29. The van der Waals surface area contributed by atoms with Crippen LogP contribution in [0.4, 0.5) is 0 Å². The molecule has 1 N–H and O–H groups in total. The molecule has 0 aliphatic heterocycles. The van der Waals surface area contributed by atoms with Gasteiger partial charge in [-0.1, -0.05) is 12.1 Å². The van der Waals surface area contributed by atoms with E-state index < -0.39 is 0 Å². The van der Waals surface area contributed by atoms with Crippen molar-refractivity contribution >= 4 is 5.78 Å². The van der Waals surface area contributed by atoms with E-state index in [2.05, 4.69) is 10.2 Å². The molecule has 1 aromatic heterocycles. The zero-order chi connectivity index (χ0) is 13.4. The van der Waals surface area contributed by atoms with Crippen molar-refractivity contribution in [1.82, 2.24) is 10.2 Å². The van der Waals surface area contributed by atoms with Gasteiger partial charge in [0.05, 0.1) is 18.4 Å². The minimum atomic E-state index is 0.188. The topological polar surface area (TPSA) is 55.0 Å². The van der Waals surface area contributed by atoms with Crippen molar-refractivity contribution in [3.05, 3.63) is 46.8 Å². The molecule has 0 bridgehead atoms. The molecule has 0 unspecified atom stereocenters. The highest BCUT2D eigenvalue weighted by atomic mass is 16.5. The maximum absolute atomic E-state index is 12.2. The highest BCUT2D eigenvalue weighted by Crippen LogP contribution is 2.33. The number of carbonyl (C=O) groups is 1. The van der Waals surface area contributed by atoms with E-state index in [0.29, 0.717) is 6.42 Å². The van der Waals surface area contributed by atoms with Gasteiger partial charge in [0.2, 0.25) is 0 Å². The zero-order valence-corrected chi connectivity index (χ0v) is 11.1. The first-order valence-corrected chi connectivity index (χ1v) is 6.40. The third kappa shape index (κ3) is 2.03. The number of aryl methyl sites for hydroxylation is 1. The molecule has 3 rings (SSSR count). The maximum Gasteiger partial charge on any atom is 0.167 e. The van der Waals surface area contributed by atoms with Crippen LogP contribution in [0.3, 0.4) is 0 Å². The predicted octanol–water partition coefficient (Wildman–Crippen LogP) is 2.64. The molecule has 1 heterocycles. The SMILES string of the molecule is COc1ccc([C@@H]2CC(=O)c3c(n[nH]c3C)C2)cc1. The molecule has 0 saturated heterocycles. The van der Waals surface area contributed by atoms with E-state index in [0.717, 1.165) is 29.1 Å². The fourth-order valence-corrected chi connectivity index (χ4v) is 2.74. The number of fused-ring (bicyclic) bond motifs is 1. The average Bonchev–Trinajstić information content (AvgIpc) is 2.81. The summed E-state index contributed by atoms with van der Waals surface area (Å²) in [6, 6.07) is 7.93. The number of rotatable bonds is 2. The van der Waals surface area contributed by atoms with Gasteiger partial charge in [0, 0.05) is 12.1 Å². The molecule has 19 heavy (non-hydrogen) atoms. The number of ketones is 1. The van der Waals surface area contributed by atoms with Crippen molar-refractivity contribution in [1.29, 1.82) is 0 Å². The van der Waals surface area contributed by atoms with Crippen molar-refractivity contribution in [2.75, 3.05) is 7.11 Å². The number of aromatic nitrogens is 2. The molecule has 1 aromatic carbocycles. The van der Waals surface area contributed by atoms with E-state index in [-0.39, 0.29) is 11.7 Å². The molecule has 0 spiro atoms. The average molecular weight is 256 g/mol. The third-order valence-electron chi connectivity index (χ3n) is 3.76. The van der Waals surface area contributed by atoms with E-state index in [1.165, 1.54) is 5.56 Å². The number of carbonyl (C=O) groups excluding carboxylic acids is 1. The van der Waals surface area contributed by atoms with E-state index >= 15 is 0 Å². The molecule has 4 heteroatoms. The Balaban J connectivity index is 1.90. The number of nitrogens with one attached hydrogen (secondary N) is 1. The third-order valence-corrected chi connectivity index (χ3v) is 3.76. The number of ether oxygens (including phenoxy) is 1. The Bertz CT molecular complexity index is 614. The van der Waals surface area contributed by atoms with Gasteiger partial charge >= 0.3 is 0 Å². The second kappa shape index (κ2) is 4.53. The molecule has 1 aliphatic carbocycles. The number of aromatic amines is 1. The van der Waals surface area contributed by atoms with Crippen molar-refractivity contribution in [2.45, 2.75) is 25.7 Å². The Morgan fingerprint density at radius 1 is 1.26 bits per heavy atom. The number of methoxy groups -OCH3 is 1. The van der Waals surface area contributed by atoms with Crippen LogP contribution in [-0.2, 0) is 6.42 Å². The Morgan fingerprint density at radius 3 is 2.68 bits per heavy atom. The molecule has 0 saturated carbocycles. The summed E-state index contributed by atoms with van der Waals surface area (Å²) in [7, 11) is 1.65. The largest absolute Gasteiger partial charge is 0.497 e. The Kier molecular flexibility index (Phi) is 2.85. The van der Waals surface area contributed by atoms with Gasteiger partial charge in [-0.2, -0.15) is 5.10 Å². The first-order valence-electron chi connectivity index (χ1n) is 6.40. The number of Topliss-reactive ketones (excluding diaryl/α,β-unsaturated/α-hetero) is 1. The van der Waals surface area contributed by atoms with Crippen LogP contribution in [-0.4, -0.2) is 23.1 Å². The van der Waals surface area contributed by atoms with Gasteiger partial charge in [0.15, 0.2) is 5.78 Å². The first kappa shape index (κ1) is 12.0.